The van der Waals surface area contributed by atoms with Crippen molar-refractivity contribution in [1.82, 2.24) is 4.98 Å². The van der Waals surface area contributed by atoms with Gasteiger partial charge in [0, 0.05) is 17.3 Å². The van der Waals surface area contributed by atoms with Gasteiger partial charge in [-0.25, -0.2) is 4.79 Å². The fraction of sp³-hybridized carbons (Fsp3) is 0.263. The van der Waals surface area contributed by atoms with Crippen molar-refractivity contribution in [3.05, 3.63) is 51.7 Å². The van der Waals surface area contributed by atoms with Gasteiger partial charge in [-0.15, -0.1) is 11.3 Å². The van der Waals surface area contributed by atoms with E-state index in [9.17, 15) is 14.9 Å². The summed E-state index contributed by atoms with van der Waals surface area (Å²) in [5.74, 6) is -1.02. The highest BCUT2D eigenvalue weighted by Crippen LogP contribution is 2.38. The Morgan fingerprint density at radius 1 is 1.38 bits per heavy atom. The van der Waals surface area contributed by atoms with Crippen molar-refractivity contribution in [3.63, 3.8) is 0 Å². The van der Waals surface area contributed by atoms with Crippen molar-refractivity contribution in [2.45, 2.75) is 25.7 Å². The molecule has 2 heterocycles. The van der Waals surface area contributed by atoms with Crippen molar-refractivity contribution in [2.24, 2.45) is 0 Å². The maximum absolute atomic E-state index is 12.6. The van der Waals surface area contributed by atoms with E-state index < -0.39 is 11.9 Å². The summed E-state index contributed by atoms with van der Waals surface area (Å²) in [5, 5.41) is 12.5. The van der Waals surface area contributed by atoms with Crippen molar-refractivity contribution in [3.8, 4) is 6.07 Å². The van der Waals surface area contributed by atoms with Gasteiger partial charge < -0.3 is 10.1 Å². The molecule has 1 aliphatic carbocycles. The van der Waals surface area contributed by atoms with E-state index in [1.807, 2.05) is 6.07 Å². The second-order valence-electron chi connectivity index (χ2n) is 5.82. The average Bonchev–Trinajstić information content (AvgIpc) is 3.04. The van der Waals surface area contributed by atoms with Crippen LogP contribution in [-0.2, 0) is 22.4 Å². The Labute approximate surface area is 155 Å². The number of nitriles is 1. The zero-order valence-electron chi connectivity index (χ0n) is 14.2. The molecule has 0 aliphatic heterocycles. The van der Waals surface area contributed by atoms with E-state index in [1.165, 1.54) is 24.5 Å². The summed E-state index contributed by atoms with van der Waals surface area (Å²) in [5.41, 5.74) is 1.97. The summed E-state index contributed by atoms with van der Waals surface area (Å²) < 4.78 is 4.89. The number of hydrogen-bond acceptors (Lipinski definition) is 6. The summed E-state index contributed by atoms with van der Waals surface area (Å²) >= 11 is 1.39. The Hall–Kier alpha value is -2.98. The van der Waals surface area contributed by atoms with E-state index >= 15 is 0 Å². The third-order valence-corrected chi connectivity index (χ3v) is 5.36. The van der Waals surface area contributed by atoms with E-state index in [0.29, 0.717) is 16.1 Å². The van der Waals surface area contributed by atoms with Gasteiger partial charge in [-0.1, -0.05) is 6.07 Å². The average molecular weight is 367 g/mol. The van der Waals surface area contributed by atoms with Crippen molar-refractivity contribution in [1.29, 1.82) is 5.26 Å². The quantitative estimate of drug-likeness (QED) is 0.508. The molecule has 26 heavy (non-hydrogen) atoms. The van der Waals surface area contributed by atoms with Crippen molar-refractivity contribution in [2.75, 3.05) is 12.4 Å². The molecule has 2 aromatic heterocycles. The highest BCUT2D eigenvalue weighted by molar-refractivity contribution is 7.17. The molecule has 2 aromatic rings. The highest BCUT2D eigenvalue weighted by atomic mass is 32.1. The van der Waals surface area contributed by atoms with E-state index in [0.717, 1.165) is 36.1 Å². The lowest BCUT2D eigenvalue weighted by molar-refractivity contribution is -0.112. The molecular formula is C19H17N3O3S. The van der Waals surface area contributed by atoms with Crippen LogP contribution in [-0.4, -0.2) is 24.0 Å². The summed E-state index contributed by atoms with van der Waals surface area (Å²) in [6, 6.07) is 5.38. The molecule has 0 aromatic carbocycles. The van der Waals surface area contributed by atoms with Crippen LogP contribution in [0.1, 0.15) is 39.2 Å². The molecule has 0 atom stereocenters. The smallest absolute Gasteiger partial charge is 0.341 e. The standard InChI is InChI=1S/C19H17N3O3S/c1-25-19(24)16-14-6-2-3-7-15(14)26-18(16)22-17(23)13(10-20)9-12-5-4-8-21-11-12/h4-5,8-9,11H,2-3,6-7H2,1H3,(H,22,23). The van der Waals surface area contributed by atoms with Crippen LogP contribution in [0.15, 0.2) is 30.1 Å². The van der Waals surface area contributed by atoms with Crippen LogP contribution in [0.2, 0.25) is 0 Å². The molecular weight excluding hydrogens is 350 g/mol. The molecule has 3 rings (SSSR count). The minimum Gasteiger partial charge on any atom is -0.465 e. The first-order valence-electron chi connectivity index (χ1n) is 8.20. The van der Waals surface area contributed by atoms with Crippen LogP contribution in [0.4, 0.5) is 5.00 Å². The maximum Gasteiger partial charge on any atom is 0.341 e. The third kappa shape index (κ3) is 3.65. The van der Waals surface area contributed by atoms with Gasteiger partial charge in [-0.2, -0.15) is 5.26 Å². The lowest BCUT2D eigenvalue weighted by atomic mass is 9.95. The SMILES string of the molecule is COC(=O)c1c(NC(=O)C(C#N)=Cc2cccnc2)sc2c1CCCC2. The van der Waals surface area contributed by atoms with Gasteiger partial charge in [0.15, 0.2) is 0 Å². The van der Waals surface area contributed by atoms with Gasteiger partial charge in [-0.3, -0.25) is 9.78 Å². The number of rotatable bonds is 4. The molecule has 1 aliphatic rings. The predicted octanol–water partition coefficient (Wildman–Crippen LogP) is 3.35. The largest absolute Gasteiger partial charge is 0.465 e. The van der Waals surface area contributed by atoms with Crippen molar-refractivity contribution >= 4 is 34.3 Å². The molecule has 0 spiro atoms. The summed E-state index contributed by atoms with van der Waals surface area (Å²) in [4.78, 5) is 29.8. The first-order valence-corrected chi connectivity index (χ1v) is 9.01. The fourth-order valence-corrected chi connectivity index (χ4v) is 4.19. The van der Waals surface area contributed by atoms with Crippen LogP contribution in [0.3, 0.4) is 0 Å². The van der Waals surface area contributed by atoms with Crippen LogP contribution in [0.5, 0.6) is 0 Å². The Morgan fingerprint density at radius 3 is 2.88 bits per heavy atom. The number of methoxy groups -OCH3 is 1. The second kappa shape index (κ2) is 7.93. The maximum atomic E-state index is 12.6. The van der Waals surface area contributed by atoms with E-state index in [2.05, 4.69) is 10.3 Å². The number of nitrogens with zero attached hydrogens (tertiary/aromatic N) is 2. The molecule has 0 saturated carbocycles. The van der Waals surface area contributed by atoms with Gasteiger partial charge >= 0.3 is 5.97 Å². The molecule has 1 N–H and O–H groups in total. The topological polar surface area (TPSA) is 92.1 Å². The Kier molecular flexibility index (Phi) is 5.44. The lowest BCUT2D eigenvalue weighted by Crippen LogP contribution is -2.16. The number of aromatic nitrogens is 1. The zero-order valence-corrected chi connectivity index (χ0v) is 15.1. The fourth-order valence-electron chi connectivity index (χ4n) is 2.92. The van der Waals surface area contributed by atoms with E-state index in [-0.39, 0.29) is 5.57 Å². The monoisotopic (exact) mass is 367 g/mol. The minimum atomic E-state index is -0.555. The Morgan fingerprint density at radius 2 is 2.19 bits per heavy atom. The summed E-state index contributed by atoms with van der Waals surface area (Å²) in [6.45, 7) is 0. The number of fused-ring (bicyclic) bond motifs is 1. The van der Waals surface area contributed by atoms with Crippen LogP contribution in [0.25, 0.3) is 6.08 Å². The molecule has 132 valence electrons. The summed E-state index contributed by atoms with van der Waals surface area (Å²) in [7, 11) is 1.32. The molecule has 1 amide bonds. The first kappa shape index (κ1) is 17.8. The minimum absolute atomic E-state index is 0.0554. The number of carbonyl (C=O) groups is 2. The highest BCUT2D eigenvalue weighted by Gasteiger charge is 2.27. The third-order valence-electron chi connectivity index (χ3n) is 4.15. The normalized spacial score (nSPS) is 13.5. The van der Waals surface area contributed by atoms with Crippen LogP contribution >= 0.6 is 11.3 Å². The van der Waals surface area contributed by atoms with Gasteiger partial charge in [0.1, 0.15) is 16.6 Å². The number of esters is 1. The van der Waals surface area contributed by atoms with Gasteiger partial charge in [0.05, 0.1) is 12.7 Å². The molecule has 6 nitrogen and oxygen atoms in total. The lowest BCUT2D eigenvalue weighted by Gasteiger charge is -2.11. The molecule has 0 saturated heterocycles. The number of anilines is 1. The van der Waals surface area contributed by atoms with Gasteiger partial charge in [-0.05, 0) is 49.0 Å². The molecule has 7 heteroatoms. The van der Waals surface area contributed by atoms with E-state index in [4.69, 9.17) is 4.74 Å². The van der Waals surface area contributed by atoms with Gasteiger partial charge in [0.25, 0.3) is 5.91 Å². The predicted molar refractivity (Wildman–Crippen MR) is 98.8 cm³/mol. The van der Waals surface area contributed by atoms with E-state index in [1.54, 1.807) is 24.5 Å². The number of nitrogens with one attached hydrogen (secondary N) is 1. The Bertz CT molecular complexity index is 910. The molecule has 0 fully saturated rings. The van der Waals surface area contributed by atoms with Crippen LogP contribution < -0.4 is 5.32 Å². The van der Waals surface area contributed by atoms with Crippen molar-refractivity contribution < 1.29 is 14.3 Å². The number of thiophene rings is 1. The zero-order chi connectivity index (χ0) is 18.5. The number of hydrogen-bond donors (Lipinski definition) is 1. The number of pyridine rings is 1. The number of amides is 1. The Balaban J connectivity index is 1.91. The number of aryl methyl sites for hydroxylation is 1. The second-order valence-corrected chi connectivity index (χ2v) is 6.92. The molecule has 0 radical (unpaired) electrons. The van der Waals surface area contributed by atoms with Crippen LogP contribution in [0, 0.1) is 11.3 Å². The number of carbonyl (C=O) groups excluding carboxylic acids is 2. The first-order chi connectivity index (χ1) is 12.6. The molecule has 0 unspecified atom stereocenters. The molecule has 0 bridgehead atoms. The summed E-state index contributed by atoms with van der Waals surface area (Å²) in [6.07, 6.45) is 8.39. The van der Waals surface area contributed by atoms with Gasteiger partial charge in [0.2, 0.25) is 0 Å². The number of ether oxygens (including phenoxy) is 1.